The minimum absolute atomic E-state index is 0. The molecule has 0 radical (unpaired) electrons. The first-order valence-electron chi connectivity index (χ1n) is 10.0. The predicted octanol–water partition coefficient (Wildman–Crippen LogP) is 4.40. The molecule has 5 nitrogen and oxygen atoms in total. The van der Waals surface area contributed by atoms with Gasteiger partial charge in [0, 0.05) is 43.6 Å². The maximum atomic E-state index is 12.0. The van der Waals surface area contributed by atoms with E-state index in [0.717, 1.165) is 18.2 Å². The van der Waals surface area contributed by atoms with Crippen LogP contribution in [0.1, 0.15) is 48.8 Å². The van der Waals surface area contributed by atoms with Crippen LogP contribution >= 0.6 is 24.0 Å². The molecule has 6 heteroatoms. The third-order valence-corrected chi connectivity index (χ3v) is 5.14. The van der Waals surface area contributed by atoms with E-state index < -0.39 is 0 Å². The van der Waals surface area contributed by atoms with Crippen LogP contribution in [-0.2, 0) is 4.79 Å². The van der Waals surface area contributed by atoms with Crippen molar-refractivity contribution in [1.82, 2.24) is 10.6 Å². The van der Waals surface area contributed by atoms with Crippen LogP contribution in [0, 0.1) is 6.92 Å². The van der Waals surface area contributed by atoms with Crippen molar-refractivity contribution in [3.8, 4) is 0 Å². The van der Waals surface area contributed by atoms with E-state index in [1.807, 2.05) is 18.2 Å². The average molecular weight is 506 g/mol. The molecule has 2 aromatic rings. The molecule has 2 aromatic carbocycles. The summed E-state index contributed by atoms with van der Waals surface area (Å²) >= 11 is 0. The number of fused-ring (bicyclic) bond motifs is 1. The lowest BCUT2D eigenvalue weighted by Gasteiger charge is -2.26. The third-order valence-electron chi connectivity index (χ3n) is 5.14. The van der Waals surface area contributed by atoms with Crippen molar-refractivity contribution in [1.29, 1.82) is 0 Å². The summed E-state index contributed by atoms with van der Waals surface area (Å²) in [7, 11) is 0. The number of rotatable bonds is 6. The summed E-state index contributed by atoms with van der Waals surface area (Å²) in [5, 5.41) is 9.69. The first-order valence-corrected chi connectivity index (χ1v) is 10.0. The van der Waals surface area contributed by atoms with E-state index in [2.05, 4.69) is 67.1 Å². The highest BCUT2D eigenvalue weighted by Crippen LogP contribution is 2.31. The molecule has 0 bridgehead atoms. The zero-order valence-corrected chi connectivity index (χ0v) is 19.7. The van der Waals surface area contributed by atoms with Crippen LogP contribution in [0.3, 0.4) is 0 Å². The molecule has 29 heavy (non-hydrogen) atoms. The summed E-state index contributed by atoms with van der Waals surface area (Å²) in [6.45, 7) is 8.54. The first-order chi connectivity index (χ1) is 13.6. The van der Waals surface area contributed by atoms with E-state index in [1.54, 1.807) is 0 Å². The van der Waals surface area contributed by atoms with Crippen LogP contribution in [0.5, 0.6) is 0 Å². The Kier molecular flexibility index (Phi) is 8.95. The third kappa shape index (κ3) is 6.45. The zero-order chi connectivity index (χ0) is 19.9. The number of aliphatic imine (C=N–C) groups is 1. The molecular weight excluding hydrogens is 475 g/mol. The Hall–Kier alpha value is -2.09. The quantitative estimate of drug-likeness (QED) is 0.309. The summed E-state index contributed by atoms with van der Waals surface area (Å²) in [6, 6.07) is 16.7. The van der Waals surface area contributed by atoms with Gasteiger partial charge in [-0.3, -0.25) is 9.79 Å². The monoisotopic (exact) mass is 506 g/mol. The Morgan fingerprint density at radius 1 is 1.17 bits per heavy atom. The van der Waals surface area contributed by atoms with Crippen molar-refractivity contribution in [3.63, 3.8) is 0 Å². The van der Waals surface area contributed by atoms with Crippen molar-refractivity contribution in [2.24, 2.45) is 4.99 Å². The Morgan fingerprint density at radius 2 is 1.90 bits per heavy atom. The molecule has 1 aliphatic rings. The Balaban J connectivity index is 0.00000300. The number of carbonyl (C=O) groups excluding carboxylic acids is 1. The van der Waals surface area contributed by atoms with Crippen molar-refractivity contribution in [3.05, 3.63) is 65.2 Å². The number of hydrogen-bond acceptors (Lipinski definition) is 2. The highest BCUT2D eigenvalue weighted by molar-refractivity contribution is 14.0. The minimum Gasteiger partial charge on any atom is -0.357 e. The highest BCUT2D eigenvalue weighted by Gasteiger charge is 2.24. The second-order valence-corrected chi connectivity index (χ2v) is 7.45. The molecular formula is C23H31IN4O. The molecule has 0 saturated carbocycles. The van der Waals surface area contributed by atoms with Gasteiger partial charge in [0.15, 0.2) is 5.96 Å². The topological polar surface area (TPSA) is 65.5 Å². The number of hydrogen-bond donors (Lipinski definition) is 3. The fraction of sp³-hybridized carbons (Fsp3) is 0.391. The standard InChI is InChI=1S/C23H30N4O.HI/c1-4-24-23(25-14-17(3)18-11-9-16(2)10-12-18)26-15-19-13-22(28)27-21-8-6-5-7-20(19)21;/h5-12,17,19H,4,13-15H2,1-3H3,(H,27,28)(H2,24,25,26);1H. The van der Waals surface area contributed by atoms with Gasteiger partial charge in [0.25, 0.3) is 0 Å². The summed E-state index contributed by atoms with van der Waals surface area (Å²) in [5.74, 6) is 1.35. The number of amides is 1. The Labute approximate surface area is 190 Å². The average Bonchev–Trinajstić information content (AvgIpc) is 2.70. The summed E-state index contributed by atoms with van der Waals surface area (Å²) in [5.41, 5.74) is 4.66. The van der Waals surface area contributed by atoms with Crippen LogP contribution in [-0.4, -0.2) is 31.5 Å². The molecule has 0 aromatic heterocycles. The van der Waals surface area contributed by atoms with Crippen molar-refractivity contribution in [2.75, 3.05) is 25.0 Å². The molecule has 1 aliphatic heterocycles. The summed E-state index contributed by atoms with van der Waals surface area (Å²) in [6.07, 6.45) is 0.489. The van der Waals surface area contributed by atoms with Gasteiger partial charge in [-0.1, -0.05) is 55.0 Å². The van der Waals surface area contributed by atoms with Gasteiger partial charge < -0.3 is 16.0 Å². The highest BCUT2D eigenvalue weighted by atomic mass is 127. The number of halogens is 1. The molecule has 0 saturated heterocycles. The van der Waals surface area contributed by atoms with E-state index in [-0.39, 0.29) is 35.8 Å². The fourth-order valence-corrected chi connectivity index (χ4v) is 3.47. The molecule has 1 amide bonds. The Bertz CT molecular complexity index is 835. The molecule has 1 heterocycles. The van der Waals surface area contributed by atoms with Gasteiger partial charge in [-0.05, 0) is 31.0 Å². The van der Waals surface area contributed by atoms with Crippen molar-refractivity contribution >= 4 is 41.5 Å². The zero-order valence-electron chi connectivity index (χ0n) is 17.4. The van der Waals surface area contributed by atoms with Crippen LogP contribution in [0.2, 0.25) is 0 Å². The van der Waals surface area contributed by atoms with E-state index >= 15 is 0 Å². The molecule has 156 valence electrons. The molecule has 2 unspecified atom stereocenters. The molecule has 0 fully saturated rings. The van der Waals surface area contributed by atoms with Gasteiger partial charge in [-0.25, -0.2) is 0 Å². The number of carbonyl (C=O) groups is 1. The van der Waals surface area contributed by atoms with Crippen molar-refractivity contribution in [2.45, 2.75) is 39.0 Å². The van der Waals surface area contributed by atoms with Crippen LogP contribution in [0.4, 0.5) is 5.69 Å². The molecule has 0 spiro atoms. The lowest BCUT2D eigenvalue weighted by Crippen LogP contribution is -2.41. The number of anilines is 1. The number of para-hydroxylation sites is 1. The molecule has 3 N–H and O–H groups in total. The number of nitrogens with zero attached hydrogens (tertiary/aromatic N) is 1. The summed E-state index contributed by atoms with van der Waals surface area (Å²) < 4.78 is 0. The first kappa shape index (κ1) is 23.2. The SMILES string of the molecule is CCNC(=NCC(C)c1ccc(C)cc1)NCC1CC(=O)Nc2ccccc21.I. The number of aryl methyl sites for hydroxylation is 1. The summed E-state index contributed by atoms with van der Waals surface area (Å²) in [4.78, 5) is 16.8. The van der Waals surface area contributed by atoms with E-state index in [0.29, 0.717) is 25.4 Å². The lowest BCUT2D eigenvalue weighted by atomic mass is 9.90. The van der Waals surface area contributed by atoms with Gasteiger partial charge in [-0.2, -0.15) is 0 Å². The molecule has 2 atom stereocenters. The van der Waals surface area contributed by atoms with Gasteiger partial charge in [0.1, 0.15) is 0 Å². The lowest BCUT2D eigenvalue weighted by molar-refractivity contribution is -0.116. The van der Waals surface area contributed by atoms with Gasteiger partial charge in [-0.15, -0.1) is 24.0 Å². The number of guanidine groups is 1. The normalized spacial score (nSPS) is 16.9. The van der Waals surface area contributed by atoms with Crippen molar-refractivity contribution < 1.29 is 4.79 Å². The second-order valence-electron chi connectivity index (χ2n) is 7.45. The minimum atomic E-state index is 0. The molecule has 3 rings (SSSR count). The van der Waals surface area contributed by atoms with Crippen LogP contribution < -0.4 is 16.0 Å². The van der Waals surface area contributed by atoms with E-state index in [4.69, 9.17) is 4.99 Å². The fourth-order valence-electron chi connectivity index (χ4n) is 3.47. The van der Waals surface area contributed by atoms with Gasteiger partial charge in [0.2, 0.25) is 5.91 Å². The van der Waals surface area contributed by atoms with Gasteiger partial charge >= 0.3 is 0 Å². The van der Waals surface area contributed by atoms with Crippen LogP contribution in [0.15, 0.2) is 53.5 Å². The second kappa shape index (κ2) is 11.2. The van der Waals surface area contributed by atoms with Crippen LogP contribution in [0.25, 0.3) is 0 Å². The molecule has 0 aliphatic carbocycles. The number of nitrogens with one attached hydrogen (secondary N) is 3. The smallest absolute Gasteiger partial charge is 0.225 e. The predicted molar refractivity (Wildman–Crippen MR) is 131 cm³/mol. The van der Waals surface area contributed by atoms with E-state index in [1.165, 1.54) is 16.7 Å². The van der Waals surface area contributed by atoms with E-state index in [9.17, 15) is 4.79 Å². The van der Waals surface area contributed by atoms with Gasteiger partial charge in [0.05, 0.1) is 0 Å². The maximum Gasteiger partial charge on any atom is 0.225 e. The largest absolute Gasteiger partial charge is 0.357 e. The Morgan fingerprint density at radius 3 is 2.62 bits per heavy atom. The number of benzene rings is 2. The maximum absolute atomic E-state index is 12.0.